The van der Waals surface area contributed by atoms with E-state index < -0.39 is 0 Å². The van der Waals surface area contributed by atoms with Crippen molar-refractivity contribution in [1.82, 2.24) is 14.7 Å². The zero-order chi connectivity index (χ0) is 30.1. The molecular formula is C36H62N4. The maximum absolute atomic E-state index is 5.13. The third-order valence-corrected chi connectivity index (χ3v) is 5.54. The summed E-state index contributed by atoms with van der Waals surface area (Å²) in [4.78, 5) is 12.3. The van der Waals surface area contributed by atoms with Crippen molar-refractivity contribution in [1.29, 1.82) is 0 Å². The van der Waals surface area contributed by atoms with Crippen LogP contribution in [-0.4, -0.2) is 53.4 Å². The fourth-order valence-corrected chi connectivity index (χ4v) is 3.94. The monoisotopic (exact) mass is 550 g/mol. The minimum Gasteiger partial charge on any atom is -0.368 e. The van der Waals surface area contributed by atoms with Crippen LogP contribution in [0.1, 0.15) is 83.6 Å². The highest BCUT2D eigenvalue weighted by atomic mass is 15.4. The van der Waals surface area contributed by atoms with Gasteiger partial charge in [-0.3, -0.25) is 0 Å². The van der Waals surface area contributed by atoms with Crippen LogP contribution in [0, 0.1) is 0 Å². The van der Waals surface area contributed by atoms with Crippen LogP contribution in [0.2, 0.25) is 0 Å². The van der Waals surface area contributed by atoms with Gasteiger partial charge in [0.15, 0.2) is 0 Å². The lowest BCUT2D eigenvalue weighted by atomic mass is 10.1. The largest absolute Gasteiger partial charge is 0.368 e. The Morgan fingerprint density at radius 3 is 1.68 bits per heavy atom. The van der Waals surface area contributed by atoms with Gasteiger partial charge in [0.1, 0.15) is 0 Å². The number of nitrogens with zero attached hydrogens (tertiary/aromatic N) is 4. The molecule has 0 spiro atoms. The molecule has 0 aromatic heterocycles. The number of aliphatic imine (C=N–C) groups is 1. The van der Waals surface area contributed by atoms with Gasteiger partial charge in [0.25, 0.3) is 0 Å². The van der Waals surface area contributed by atoms with Crippen molar-refractivity contribution in [2.75, 3.05) is 32.7 Å². The molecule has 0 bridgehead atoms. The first kappa shape index (κ1) is 41.2. The standard InChI is InChI=1S/C29H40N4.3C2H6.CH4/c1-7-13-18-26(16-10-4)31-20-22-32(23-21-31)29-30-28(12-6)25(15-9-3)24-33(29)27(17-11-5)19-14-8-2;3*1-2;/h7-19H,3,20-24H2,1-2,4-6H3;3*1-2H3;1H4/b13-7-,14-8-,16-10-,17-11-,25-15-,26-18+,27-19+,28-12+;;;;. The highest BCUT2D eigenvalue weighted by Crippen LogP contribution is 2.26. The molecule has 226 valence electrons. The van der Waals surface area contributed by atoms with Gasteiger partial charge in [-0.25, -0.2) is 4.99 Å². The smallest absolute Gasteiger partial charge is 0.206 e. The second-order valence-electron chi connectivity index (χ2n) is 7.81. The Balaban J connectivity index is -0.00000183. The molecule has 0 unspecified atom stereocenters. The number of rotatable bonds is 7. The lowest BCUT2D eigenvalue weighted by Gasteiger charge is -2.43. The number of hydrogen-bond acceptors (Lipinski definition) is 4. The van der Waals surface area contributed by atoms with Gasteiger partial charge in [-0.15, -0.1) is 0 Å². The van der Waals surface area contributed by atoms with Crippen molar-refractivity contribution in [2.45, 2.75) is 83.6 Å². The van der Waals surface area contributed by atoms with Gasteiger partial charge in [0.05, 0.1) is 12.2 Å². The third kappa shape index (κ3) is 13.7. The van der Waals surface area contributed by atoms with Crippen LogP contribution in [0.15, 0.2) is 113 Å². The molecule has 4 heteroatoms. The summed E-state index contributed by atoms with van der Waals surface area (Å²) in [6.45, 7) is 30.7. The second kappa shape index (κ2) is 27.3. The van der Waals surface area contributed by atoms with Crippen LogP contribution in [0.5, 0.6) is 0 Å². The van der Waals surface area contributed by atoms with Crippen LogP contribution in [0.4, 0.5) is 0 Å². The summed E-state index contributed by atoms with van der Waals surface area (Å²) in [5, 5.41) is 0. The Morgan fingerprint density at radius 1 is 0.725 bits per heavy atom. The third-order valence-electron chi connectivity index (χ3n) is 5.54. The number of allylic oxidation sites excluding steroid dienone is 13. The van der Waals surface area contributed by atoms with Crippen molar-refractivity contribution in [3.63, 3.8) is 0 Å². The van der Waals surface area contributed by atoms with Crippen LogP contribution < -0.4 is 0 Å². The summed E-state index contributed by atoms with van der Waals surface area (Å²) < 4.78 is 0. The number of piperazine rings is 1. The molecular weight excluding hydrogens is 488 g/mol. The molecule has 0 saturated carbocycles. The van der Waals surface area contributed by atoms with Crippen molar-refractivity contribution < 1.29 is 0 Å². The van der Waals surface area contributed by atoms with Gasteiger partial charge >= 0.3 is 0 Å². The highest BCUT2D eigenvalue weighted by Gasteiger charge is 2.29. The minimum absolute atomic E-state index is 0. The first-order valence-corrected chi connectivity index (χ1v) is 14.9. The first-order chi connectivity index (χ1) is 19.1. The summed E-state index contributed by atoms with van der Waals surface area (Å²) in [6.07, 6.45) is 27.2. The summed E-state index contributed by atoms with van der Waals surface area (Å²) in [7, 11) is 0. The Hall–Kier alpha value is -3.27. The van der Waals surface area contributed by atoms with E-state index in [9.17, 15) is 0 Å². The first-order valence-electron chi connectivity index (χ1n) is 14.9. The van der Waals surface area contributed by atoms with E-state index in [1.165, 1.54) is 11.3 Å². The van der Waals surface area contributed by atoms with E-state index >= 15 is 0 Å². The average Bonchev–Trinajstić information content (AvgIpc) is 3.00. The summed E-state index contributed by atoms with van der Waals surface area (Å²) in [5.74, 6) is 1.02. The van der Waals surface area contributed by atoms with E-state index in [-0.39, 0.29) is 7.43 Å². The van der Waals surface area contributed by atoms with Gasteiger partial charge in [0.2, 0.25) is 5.96 Å². The Labute approximate surface area is 249 Å². The zero-order valence-electron chi connectivity index (χ0n) is 27.0. The SMILES string of the molecule is C.C=C/C=C1/CN(C(/C=C\C)=C/C=C\C)C(N2CCN(C(/C=C\C)=C/C=C\C)CC2)=N/C1=C/C.CC.CC.CC. The molecule has 4 nitrogen and oxygen atoms in total. The van der Waals surface area contributed by atoms with Gasteiger partial charge in [-0.05, 0) is 64.5 Å². The van der Waals surface area contributed by atoms with Gasteiger partial charge in [0, 0.05) is 37.6 Å². The van der Waals surface area contributed by atoms with Crippen molar-refractivity contribution in [3.8, 4) is 0 Å². The van der Waals surface area contributed by atoms with E-state index in [0.29, 0.717) is 0 Å². The molecule has 1 fully saturated rings. The van der Waals surface area contributed by atoms with E-state index in [4.69, 9.17) is 4.99 Å². The Bertz CT molecular complexity index is 928. The minimum atomic E-state index is 0. The van der Waals surface area contributed by atoms with Gasteiger partial charge < -0.3 is 14.7 Å². The highest BCUT2D eigenvalue weighted by molar-refractivity contribution is 5.86. The van der Waals surface area contributed by atoms with Gasteiger partial charge in [-0.2, -0.15) is 0 Å². The van der Waals surface area contributed by atoms with E-state index in [1.807, 2.05) is 54.5 Å². The second-order valence-corrected chi connectivity index (χ2v) is 7.81. The van der Waals surface area contributed by atoms with Crippen LogP contribution in [0.3, 0.4) is 0 Å². The maximum atomic E-state index is 5.13. The van der Waals surface area contributed by atoms with Gasteiger partial charge in [-0.1, -0.05) is 110 Å². The molecule has 0 amide bonds. The predicted octanol–water partition coefficient (Wildman–Crippen LogP) is 10.1. The Kier molecular flexibility index (Phi) is 28.1. The molecule has 0 N–H and O–H groups in total. The van der Waals surface area contributed by atoms with Crippen molar-refractivity contribution in [2.24, 2.45) is 4.99 Å². The summed E-state index contributed by atoms with van der Waals surface area (Å²) >= 11 is 0. The quantitative estimate of drug-likeness (QED) is 0.294. The number of hydrogen-bond donors (Lipinski definition) is 0. The fourth-order valence-electron chi connectivity index (χ4n) is 3.94. The molecule has 0 aromatic rings. The molecule has 0 aromatic carbocycles. The molecule has 1 saturated heterocycles. The van der Waals surface area contributed by atoms with Crippen molar-refractivity contribution >= 4 is 5.96 Å². The van der Waals surface area contributed by atoms with Crippen LogP contribution in [-0.2, 0) is 0 Å². The summed E-state index contributed by atoms with van der Waals surface area (Å²) in [6, 6.07) is 0. The van der Waals surface area contributed by atoms with Crippen molar-refractivity contribution in [3.05, 3.63) is 108 Å². The lowest BCUT2D eigenvalue weighted by Crippen LogP contribution is -2.54. The molecule has 2 aliphatic heterocycles. The molecule has 40 heavy (non-hydrogen) atoms. The normalized spacial score (nSPS) is 18.3. The molecule has 2 rings (SSSR count). The van der Waals surface area contributed by atoms with E-state index in [0.717, 1.165) is 50.1 Å². The molecule has 0 radical (unpaired) electrons. The predicted molar refractivity (Wildman–Crippen MR) is 186 cm³/mol. The lowest BCUT2D eigenvalue weighted by molar-refractivity contribution is 0.212. The van der Waals surface area contributed by atoms with E-state index in [2.05, 4.69) is 122 Å². The molecule has 2 aliphatic rings. The Morgan fingerprint density at radius 2 is 1.23 bits per heavy atom. The molecule has 2 heterocycles. The number of guanidine groups is 1. The van der Waals surface area contributed by atoms with E-state index in [1.54, 1.807) is 0 Å². The maximum Gasteiger partial charge on any atom is 0.206 e. The topological polar surface area (TPSA) is 22.1 Å². The average molecular weight is 551 g/mol. The van der Waals surface area contributed by atoms with Crippen LogP contribution >= 0.6 is 0 Å². The van der Waals surface area contributed by atoms with Crippen LogP contribution in [0.25, 0.3) is 0 Å². The zero-order valence-corrected chi connectivity index (χ0v) is 27.0. The molecule has 0 atom stereocenters. The fraction of sp³-hybridized carbons (Fsp3) is 0.472. The molecule has 0 aliphatic carbocycles. The summed E-state index contributed by atoms with van der Waals surface area (Å²) in [5.41, 5.74) is 4.59.